The van der Waals surface area contributed by atoms with Gasteiger partial charge < -0.3 is 15.2 Å². The lowest BCUT2D eigenvalue weighted by Crippen LogP contribution is -2.43. The highest BCUT2D eigenvalue weighted by atomic mass is 32.1. The van der Waals surface area contributed by atoms with Crippen molar-refractivity contribution in [3.05, 3.63) is 35.5 Å². The summed E-state index contributed by atoms with van der Waals surface area (Å²) >= 11 is 1.56. The quantitative estimate of drug-likeness (QED) is 0.890. The molecule has 1 aromatic carbocycles. The van der Waals surface area contributed by atoms with Gasteiger partial charge in [0.15, 0.2) is 0 Å². The number of nitrogens with zero attached hydrogens (tertiary/aromatic N) is 1. The number of hydrogen-bond donors (Lipinski definition) is 2. The third-order valence-corrected chi connectivity index (χ3v) is 4.51. The molecule has 0 saturated carbocycles. The third kappa shape index (κ3) is 2.58. The predicted molar refractivity (Wildman–Crippen MR) is 80.7 cm³/mol. The van der Waals surface area contributed by atoms with Crippen LogP contribution in [-0.2, 0) is 0 Å². The molecule has 1 unspecified atom stereocenters. The number of rotatable bonds is 2. The molecule has 0 radical (unpaired) electrons. The fourth-order valence-corrected chi connectivity index (χ4v) is 3.19. The molecule has 1 aliphatic rings. The number of hydrogen-bond acceptors (Lipinski definition) is 4. The van der Waals surface area contributed by atoms with Crippen LogP contribution in [-0.4, -0.2) is 22.8 Å². The van der Waals surface area contributed by atoms with Crippen molar-refractivity contribution in [1.29, 1.82) is 0 Å². The lowest BCUT2D eigenvalue weighted by Gasteiger charge is -2.39. The van der Waals surface area contributed by atoms with E-state index in [1.807, 2.05) is 38.2 Å². The molecule has 2 heterocycles. The standard InChI is InChI=1S/C15H16N2O3S/c1-15(2)7-20-11-5-9(12-6-16-8-21-12)3-4-10(11)13(15)17-14(18)19/h3-6,8,13,17H,7H2,1-2H3,(H,18,19). The number of thiazole rings is 1. The maximum Gasteiger partial charge on any atom is 0.405 e. The summed E-state index contributed by atoms with van der Waals surface area (Å²) in [5, 5.41) is 11.7. The number of fused-ring (bicyclic) bond motifs is 1. The molecule has 0 bridgehead atoms. The molecule has 1 atom stereocenters. The van der Waals surface area contributed by atoms with E-state index >= 15 is 0 Å². The first-order chi connectivity index (χ1) is 9.97. The second-order valence-corrected chi connectivity index (χ2v) is 6.66. The highest BCUT2D eigenvalue weighted by molar-refractivity contribution is 7.13. The lowest BCUT2D eigenvalue weighted by atomic mass is 9.79. The van der Waals surface area contributed by atoms with E-state index in [1.165, 1.54) is 0 Å². The Morgan fingerprint density at radius 2 is 2.33 bits per heavy atom. The molecule has 0 saturated heterocycles. The van der Waals surface area contributed by atoms with Crippen LogP contribution in [0.5, 0.6) is 5.75 Å². The molecule has 2 aromatic rings. The zero-order valence-corrected chi connectivity index (χ0v) is 12.6. The van der Waals surface area contributed by atoms with E-state index in [1.54, 1.807) is 16.8 Å². The first kappa shape index (κ1) is 13.9. The van der Waals surface area contributed by atoms with E-state index in [0.717, 1.165) is 21.8 Å². The van der Waals surface area contributed by atoms with Crippen molar-refractivity contribution in [3.63, 3.8) is 0 Å². The Bertz CT molecular complexity index is 668. The van der Waals surface area contributed by atoms with E-state index in [4.69, 9.17) is 9.84 Å². The van der Waals surface area contributed by atoms with Gasteiger partial charge in [-0.25, -0.2) is 4.79 Å². The minimum absolute atomic E-state index is 0.283. The molecule has 0 spiro atoms. The summed E-state index contributed by atoms with van der Waals surface area (Å²) in [5.41, 5.74) is 3.40. The fourth-order valence-electron chi connectivity index (χ4n) is 2.57. The van der Waals surface area contributed by atoms with E-state index < -0.39 is 6.09 Å². The van der Waals surface area contributed by atoms with Gasteiger partial charge in [0.05, 0.1) is 23.0 Å². The van der Waals surface area contributed by atoms with Crippen LogP contribution in [0.2, 0.25) is 0 Å². The van der Waals surface area contributed by atoms with Gasteiger partial charge in [-0.2, -0.15) is 0 Å². The zero-order chi connectivity index (χ0) is 15.0. The molecule has 21 heavy (non-hydrogen) atoms. The summed E-state index contributed by atoms with van der Waals surface area (Å²) in [6.45, 7) is 4.46. The molecule has 0 aliphatic carbocycles. The van der Waals surface area contributed by atoms with Gasteiger partial charge in [0.1, 0.15) is 5.75 Å². The zero-order valence-electron chi connectivity index (χ0n) is 11.8. The average molecular weight is 304 g/mol. The topological polar surface area (TPSA) is 71.5 Å². The van der Waals surface area contributed by atoms with Gasteiger partial charge in [0, 0.05) is 17.2 Å². The molecule has 2 N–H and O–H groups in total. The molecule has 110 valence electrons. The maximum atomic E-state index is 11.1. The van der Waals surface area contributed by atoms with Gasteiger partial charge >= 0.3 is 6.09 Å². The Labute approximate surface area is 126 Å². The monoisotopic (exact) mass is 304 g/mol. The van der Waals surface area contributed by atoms with Crippen molar-refractivity contribution < 1.29 is 14.6 Å². The minimum Gasteiger partial charge on any atom is -0.493 e. The smallest absolute Gasteiger partial charge is 0.405 e. The van der Waals surface area contributed by atoms with Gasteiger partial charge in [-0.3, -0.25) is 4.98 Å². The van der Waals surface area contributed by atoms with Gasteiger partial charge in [-0.1, -0.05) is 26.0 Å². The molecule has 5 nitrogen and oxygen atoms in total. The van der Waals surface area contributed by atoms with Crippen LogP contribution in [0.25, 0.3) is 10.4 Å². The van der Waals surface area contributed by atoms with E-state index in [2.05, 4.69) is 10.3 Å². The summed E-state index contributed by atoms with van der Waals surface area (Å²) in [6.07, 6.45) is 0.791. The van der Waals surface area contributed by atoms with Crippen LogP contribution in [0.15, 0.2) is 29.9 Å². The molecule has 3 rings (SSSR count). The Morgan fingerprint density at radius 1 is 1.52 bits per heavy atom. The summed E-state index contributed by atoms with van der Waals surface area (Å²) < 4.78 is 5.84. The fraction of sp³-hybridized carbons (Fsp3) is 0.333. The number of nitrogens with one attached hydrogen (secondary N) is 1. The Hall–Kier alpha value is -2.08. The van der Waals surface area contributed by atoms with Crippen molar-refractivity contribution in [2.45, 2.75) is 19.9 Å². The molecule has 6 heteroatoms. The van der Waals surface area contributed by atoms with Crippen molar-refractivity contribution in [1.82, 2.24) is 10.3 Å². The number of benzene rings is 1. The number of amides is 1. The van der Waals surface area contributed by atoms with Gasteiger partial charge in [-0.05, 0) is 11.6 Å². The largest absolute Gasteiger partial charge is 0.493 e. The molecule has 0 fully saturated rings. The predicted octanol–water partition coefficient (Wildman–Crippen LogP) is 3.54. The Morgan fingerprint density at radius 3 is 3.00 bits per heavy atom. The second kappa shape index (κ2) is 5.04. The highest BCUT2D eigenvalue weighted by Crippen LogP contribution is 2.44. The minimum atomic E-state index is -1.02. The van der Waals surface area contributed by atoms with Gasteiger partial charge in [0.25, 0.3) is 0 Å². The number of ether oxygens (including phenoxy) is 1. The summed E-state index contributed by atoms with van der Waals surface area (Å²) in [7, 11) is 0. The van der Waals surface area contributed by atoms with Crippen molar-refractivity contribution in [2.75, 3.05) is 6.61 Å². The van der Waals surface area contributed by atoms with Crippen LogP contribution in [0.4, 0.5) is 4.79 Å². The van der Waals surface area contributed by atoms with Crippen LogP contribution >= 0.6 is 11.3 Å². The molecule has 1 aliphatic heterocycles. The first-order valence-corrected chi connectivity index (χ1v) is 7.50. The molecular weight excluding hydrogens is 288 g/mol. The second-order valence-electron chi connectivity index (χ2n) is 5.78. The Balaban J connectivity index is 2.02. The first-order valence-electron chi connectivity index (χ1n) is 6.62. The van der Waals surface area contributed by atoms with Crippen LogP contribution in [0.1, 0.15) is 25.5 Å². The molecule has 1 amide bonds. The highest BCUT2D eigenvalue weighted by Gasteiger charge is 2.38. The third-order valence-electron chi connectivity index (χ3n) is 3.69. The van der Waals surface area contributed by atoms with E-state index in [9.17, 15) is 4.79 Å². The van der Waals surface area contributed by atoms with Crippen molar-refractivity contribution >= 4 is 17.4 Å². The van der Waals surface area contributed by atoms with Crippen LogP contribution < -0.4 is 10.1 Å². The summed E-state index contributed by atoms with van der Waals surface area (Å²) in [5.74, 6) is 0.735. The van der Waals surface area contributed by atoms with Gasteiger partial charge in [0.2, 0.25) is 0 Å². The maximum absolute atomic E-state index is 11.1. The molecular formula is C15H16N2O3S. The lowest BCUT2D eigenvalue weighted by molar-refractivity contribution is 0.0996. The number of carboxylic acid groups (broad SMARTS) is 1. The summed E-state index contributed by atoms with van der Waals surface area (Å²) in [6, 6.07) is 5.59. The number of aromatic nitrogens is 1. The van der Waals surface area contributed by atoms with Crippen LogP contribution in [0, 0.1) is 5.41 Å². The molecule has 1 aromatic heterocycles. The van der Waals surface area contributed by atoms with Gasteiger partial charge in [-0.15, -0.1) is 11.3 Å². The summed E-state index contributed by atoms with van der Waals surface area (Å²) in [4.78, 5) is 16.2. The van der Waals surface area contributed by atoms with Crippen molar-refractivity contribution in [3.8, 4) is 16.2 Å². The normalized spacial score (nSPS) is 19.4. The Kier molecular flexibility index (Phi) is 3.33. The average Bonchev–Trinajstić information content (AvgIpc) is 2.95. The van der Waals surface area contributed by atoms with E-state index in [0.29, 0.717) is 6.61 Å². The van der Waals surface area contributed by atoms with E-state index in [-0.39, 0.29) is 11.5 Å². The van der Waals surface area contributed by atoms with Crippen molar-refractivity contribution in [2.24, 2.45) is 5.41 Å². The van der Waals surface area contributed by atoms with Crippen LogP contribution in [0.3, 0.4) is 0 Å². The SMILES string of the molecule is CC1(C)COc2cc(-c3cncs3)ccc2C1NC(=O)O. The number of carbonyl (C=O) groups is 1.